The summed E-state index contributed by atoms with van der Waals surface area (Å²) in [4.78, 5) is 26.5. The van der Waals surface area contributed by atoms with Crippen LogP contribution in [0.1, 0.15) is 30.2 Å². The minimum Gasteiger partial charge on any atom is -0.344 e. The van der Waals surface area contributed by atoms with Crippen LogP contribution in [0.2, 0.25) is 0 Å². The molecule has 2 aromatic heterocycles. The first kappa shape index (κ1) is 16.2. The van der Waals surface area contributed by atoms with Crippen LogP contribution in [0.4, 0.5) is 0 Å². The third-order valence-corrected chi connectivity index (χ3v) is 4.46. The number of hydrogen-bond acceptors (Lipinski definition) is 3. The lowest BCUT2D eigenvalue weighted by atomic mass is 10.2. The highest BCUT2D eigenvalue weighted by molar-refractivity contribution is 5.80. The van der Waals surface area contributed by atoms with E-state index in [1.165, 1.54) is 0 Å². The summed E-state index contributed by atoms with van der Waals surface area (Å²) in [5, 5.41) is 0. The van der Waals surface area contributed by atoms with Gasteiger partial charge < -0.3 is 14.5 Å². The van der Waals surface area contributed by atoms with Gasteiger partial charge in [0, 0.05) is 32.4 Å². The maximum absolute atomic E-state index is 12.6. The number of para-hydroxylation sites is 1. The molecule has 0 radical (unpaired) electrons. The zero-order valence-electron chi connectivity index (χ0n) is 14.6. The number of rotatable bonds is 5. The monoisotopic (exact) mass is 325 g/mol. The molecule has 0 saturated carbocycles. The maximum Gasteiger partial charge on any atom is 0.245 e. The largest absolute Gasteiger partial charge is 0.344 e. The molecule has 1 N–H and O–H groups in total. The van der Waals surface area contributed by atoms with Crippen LogP contribution in [0, 0.1) is 13.8 Å². The van der Waals surface area contributed by atoms with Crippen molar-refractivity contribution in [3.05, 3.63) is 47.8 Å². The fraction of sp³-hybridized carbons (Fsp3) is 0.389. The van der Waals surface area contributed by atoms with Gasteiger partial charge in [-0.15, -0.1) is 0 Å². The summed E-state index contributed by atoms with van der Waals surface area (Å²) in [5.41, 5.74) is 3.20. The normalized spacial score (nSPS) is 12.5. The Balaban J connectivity index is 1.66. The molecular weight excluding hydrogens is 302 g/mol. The van der Waals surface area contributed by atoms with Crippen molar-refractivity contribution in [1.29, 1.82) is 0 Å². The van der Waals surface area contributed by atoms with Crippen LogP contribution < -0.4 is 0 Å². The number of aromatic nitrogens is 4. The van der Waals surface area contributed by atoms with E-state index < -0.39 is 0 Å². The predicted octanol–water partition coefficient (Wildman–Crippen LogP) is 2.64. The summed E-state index contributed by atoms with van der Waals surface area (Å²) in [5.74, 6) is 1.82. The molecule has 1 aromatic carbocycles. The number of aromatic amines is 1. The minimum absolute atomic E-state index is 0.0726. The van der Waals surface area contributed by atoms with E-state index in [-0.39, 0.29) is 11.9 Å². The highest BCUT2D eigenvalue weighted by Crippen LogP contribution is 2.16. The minimum atomic E-state index is -0.254. The second-order valence-electron chi connectivity index (χ2n) is 6.22. The lowest BCUT2D eigenvalue weighted by Gasteiger charge is -2.22. The Labute approximate surface area is 141 Å². The first-order valence-electron chi connectivity index (χ1n) is 8.16. The molecule has 0 aliphatic rings. The number of imidazole rings is 2. The molecule has 0 fully saturated rings. The van der Waals surface area contributed by atoms with Gasteiger partial charge in [0.05, 0.1) is 11.0 Å². The molecule has 1 atom stereocenters. The Morgan fingerprint density at radius 1 is 1.38 bits per heavy atom. The number of nitrogens with one attached hydrogen (secondary N) is 1. The Morgan fingerprint density at radius 3 is 2.83 bits per heavy atom. The van der Waals surface area contributed by atoms with Gasteiger partial charge in [-0.05, 0) is 32.4 Å². The summed E-state index contributed by atoms with van der Waals surface area (Å²) in [7, 11) is 1.83. The fourth-order valence-electron chi connectivity index (χ4n) is 2.96. The molecule has 0 saturated heterocycles. The molecule has 0 aliphatic carbocycles. The number of amides is 1. The number of benzene rings is 1. The summed E-state index contributed by atoms with van der Waals surface area (Å²) in [6.07, 6.45) is 4.26. The van der Waals surface area contributed by atoms with E-state index >= 15 is 0 Å². The number of H-pyrrole nitrogens is 1. The first-order chi connectivity index (χ1) is 11.5. The smallest absolute Gasteiger partial charge is 0.245 e. The van der Waals surface area contributed by atoms with Crippen molar-refractivity contribution in [3.8, 4) is 0 Å². The lowest BCUT2D eigenvalue weighted by molar-refractivity contribution is -0.133. The quantitative estimate of drug-likeness (QED) is 0.784. The number of aryl methyl sites for hydroxylation is 2. The Bertz CT molecular complexity index is 863. The molecule has 0 unspecified atom stereocenters. The zero-order valence-corrected chi connectivity index (χ0v) is 14.6. The summed E-state index contributed by atoms with van der Waals surface area (Å²) in [6.45, 7) is 6.48. The second kappa shape index (κ2) is 6.47. The van der Waals surface area contributed by atoms with Crippen LogP contribution in [0.25, 0.3) is 11.0 Å². The Kier molecular flexibility index (Phi) is 4.38. The van der Waals surface area contributed by atoms with Crippen LogP contribution in [0.15, 0.2) is 30.6 Å². The van der Waals surface area contributed by atoms with Crippen LogP contribution in [-0.2, 0) is 11.2 Å². The van der Waals surface area contributed by atoms with E-state index in [0.29, 0.717) is 13.0 Å². The van der Waals surface area contributed by atoms with Gasteiger partial charge in [-0.1, -0.05) is 12.1 Å². The number of carbonyl (C=O) groups excluding carboxylic acids is 1. The average Bonchev–Trinajstić information content (AvgIpc) is 3.18. The van der Waals surface area contributed by atoms with Crippen molar-refractivity contribution in [2.75, 3.05) is 13.6 Å². The third kappa shape index (κ3) is 3.04. The van der Waals surface area contributed by atoms with Gasteiger partial charge in [0.25, 0.3) is 0 Å². The Hall–Kier alpha value is -2.63. The summed E-state index contributed by atoms with van der Waals surface area (Å²) >= 11 is 0. The van der Waals surface area contributed by atoms with E-state index in [0.717, 1.165) is 28.2 Å². The third-order valence-electron chi connectivity index (χ3n) is 4.46. The van der Waals surface area contributed by atoms with Gasteiger partial charge in [-0.3, -0.25) is 4.79 Å². The van der Waals surface area contributed by atoms with Crippen molar-refractivity contribution < 1.29 is 4.79 Å². The van der Waals surface area contributed by atoms with Gasteiger partial charge in [-0.2, -0.15) is 0 Å². The van der Waals surface area contributed by atoms with E-state index in [2.05, 4.69) is 27.9 Å². The number of carbonyl (C=O) groups is 1. The topological polar surface area (TPSA) is 66.8 Å². The van der Waals surface area contributed by atoms with Gasteiger partial charge in [0.1, 0.15) is 17.7 Å². The molecule has 6 heteroatoms. The van der Waals surface area contributed by atoms with Crippen molar-refractivity contribution in [3.63, 3.8) is 0 Å². The summed E-state index contributed by atoms with van der Waals surface area (Å²) < 4.78 is 1.89. The van der Waals surface area contributed by atoms with Crippen LogP contribution in [0.5, 0.6) is 0 Å². The van der Waals surface area contributed by atoms with E-state index in [9.17, 15) is 4.79 Å². The number of hydrogen-bond donors (Lipinski definition) is 1. The number of likely N-dealkylation sites (N-methyl/N-ethyl adjacent to an activating group) is 1. The fourth-order valence-corrected chi connectivity index (χ4v) is 2.96. The molecule has 24 heavy (non-hydrogen) atoms. The van der Waals surface area contributed by atoms with Gasteiger partial charge >= 0.3 is 0 Å². The van der Waals surface area contributed by atoms with Gasteiger partial charge in [-0.25, -0.2) is 9.97 Å². The lowest BCUT2D eigenvalue weighted by Crippen LogP contribution is -2.34. The van der Waals surface area contributed by atoms with Gasteiger partial charge in [0.15, 0.2) is 0 Å². The molecule has 3 aromatic rings. The number of nitrogens with zero attached hydrogens (tertiary/aromatic N) is 4. The highest BCUT2D eigenvalue weighted by Gasteiger charge is 2.20. The van der Waals surface area contributed by atoms with Crippen molar-refractivity contribution >= 4 is 16.9 Å². The molecule has 6 nitrogen and oxygen atoms in total. The van der Waals surface area contributed by atoms with Crippen molar-refractivity contribution in [2.24, 2.45) is 0 Å². The van der Waals surface area contributed by atoms with Crippen molar-refractivity contribution in [2.45, 2.75) is 33.2 Å². The van der Waals surface area contributed by atoms with Crippen LogP contribution in [0.3, 0.4) is 0 Å². The zero-order chi connectivity index (χ0) is 17.3. The molecule has 3 rings (SSSR count). The SMILES string of the molecule is Cc1cccc2[nH]c(CCN(C)C(=O)[C@@H](C)n3ccnc3C)nc12. The molecule has 0 aliphatic heterocycles. The average molecular weight is 325 g/mol. The summed E-state index contributed by atoms with van der Waals surface area (Å²) in [6, 6.07) is 5.84. The standard InChI is InChI=1S/C18H23N5O/c1-12-6-5-7-15-17(12)21-16(20-15)8-10-22(4)18(24)13(2)23-11-9-19-14(23)3/h5-7,9,11,13H,8,10H2,1-4H3,(H,20,21)/t13-/m1/s1. The molecule has 0 spiro atoms. The first-order valence-corrected chi connectivity index (χ1v) is 8.16. The predicted molar refractivity (Wildman–Crippen MR) is 93.8 cm³/mol. The van der Waals surface area contributed by atoms with Crippen LogP contribution in [-0.4, -0.2) is 43.9 Å². The van der Waals surface area contributed by atoms with E-state index in [1.807, 2.05) is 43.8 Å². The van der Waals surface area contributed by atoms with E-state index in [4.69, 9.17) is 0 Å². The molecule has 126 valence electrons. The Morgan fingerprint density at radius 2 is 2.17 bits per heavy atom. The molecule has 0 bridgehead atoms. The van der Waals surface area contributed by atoms with Gasteiger partial charge in [0.2, 0.25) is 5.91 Å². The molecule has 2 heterocycles. The van der Waals surface area contributed by atoms with Crippen molar-refractivity contribution in [1.82, 2.24) is 24.4 Å². The molecule has 1 amide bonds. The number of fused-ring (bicyclic) bond motifs is 1. The highest BCUT2D eigenvalue weighted by atomic mass is 16.2. The second-order valence-corrected chi connectivity index (χ2v) is 6.22. The molecular formula is C18H23N5O. The van der Waals surface area contributed by atoms with Crippen LogP contribution >= 0.6 is 0 Å². The van der Waals surface area contributed by atoms with E-state index in [1.54, 1.807) is 11.1 Å². The maximum atomic E-state index is 12.6.